The molecule has 4 aromatic rings. The Balaban J connectivity index is 1.30. The predicted octanol–water partition coefficient (Wildman–Crippen LogP) is 3.64. The molecule has 0 spiro atoms. The molecule has 1 fully saturated rings. The number of fused-ring (bicyclic) bond motifs is 1. The number of benzene rings is 1. The number of carbonyl (C=O) groups is 1. The van der Waals surface area contributed by atoms with Gasteiger partial charge in [0.15, 0.2) is 11.6 Å². The lowest BCUT2D eigenvalue weighted by molar-refractivity contribution is 0.0940. The smallest absolute Gasteiger partial charge is 0.297 e. The van der Waals surface area contributed by atoms with E-state index < -0.39 is 12.2 Å². The van der Waals surface area contributed by atoms with Crippen LogP contribution in [0.15, 0.2) is 35.2 Å². The van der Waals surface area contributed by atoms with Crippen molar-refractivity contribution in [1.82, 2.24) is 30.2 Å². The molecule has 1 amide bonds. The van der Waals surface area contributed by atoms with Gasteiger partial charge in [-0.2, -0.15) is 0 Å². The maximum Gasteiger partial charge on any atom is 0.297 e. The Bertz CT molecular complexity index is 1390. The molecule has 176 valence electrons. The molecule has 3 N–H and O–H groups in total. The quantitative estimate of drug-likeness (QED) is 0.418. The van der Waals surface area contributed by atoms with Gasteiger partial charge >= 0.3 is 0 Å². The van der Waals surface area contributed by atoms with Crippen LogP contribution >= 0.6 is 23.2 Å². The summed E-state index contributed by atoms with van der Waals surface area (Å²) < 4.78 is 32.6. The Labute approximate surface area is 200 Å². The van der Waals surface area contributed by atoms with Crippen LogP contribution in [-0.2, 0) is 0 Å². The molecule has 1 aromatic carbocycles. The van der Waals surface area contributed by atoms with Crippen LogP contribution in [-0.4, -0.2) is 49.9 Å². The summed E-state index contributed by atoms with van der Waals surface area (Å²) in [5, 5.41) is 14.6. The first-order valence-corrected chi connectivity index (χ1v) is 10.8. The van der Waals surface area contributed by atoms with Gasteiger partial charge < -0.3 is 20.5 Å². The van der Waals surface area contributed by atoms with E-state index in [4.69, 9.17) is 33.5 Å². The van der Waals surface area contributed by atoms with Crippen molar-refractivity contribution in [3.05, 3.63) is 52.2 Å². The van der Waals surface area contributed by atoms with Crippen molar-refractivity contribution in [3.8, 4) is 5.69 Å². The van der Waals surface area contributed by atoms with Gasteiger partial charge in [-0.15, -0.1) is 10.2 Å². The van der Waals surface area contributed by atoms with Crippen LogP contribution < -0.4 is 16.0 Å². The molecular weight excluding hydrogens is 493 g/mol. The minimum atomic E-state index is -2.81. The van der Waals surface area contributed by atoms with Gasteiger partial charge in [0.25, 0.3) is 12.3 Å². The van der Waals surface area contributed by atoms with Crippen LogP contribution in [0.4, 0.5) is 20.4 Å². The Morgan fingerprint density at radius 2 is 2.12 bits per heavy atom. The van der Waals surface area contributed by atoms with Gasteiger partial charge in [-0.25, -0.2) is 13.8 Å². The number of hydrogen-bond acceptors (Lipinski definition) is 8. The van der Waals surface area contributed by atoms with E-state index in [-0.39, 0.29) is 28.4 Å². The van der Waals surface area contributed by atoms with Crippen LogP contribution in [0.2, 0.25) is 10.0 Å². The number of nitrogen functional groups attached to an aromatic ring is 1. The number of halogens is 4. The van der Waals surface area contributed by atoms with Gasteiger partial charge in [0.05, 0.1) is 26.7 Å². The monoisotopic (exact) mass is 508 g/mol. The van der Waals surface area contributed by atoms with Gasteiger partial charge in [-0.05, 0) is 24.6 Å². The van der Waals surface area contributed by atoms with Crippen LogP contribution in [0, 0.1) is 0 Å². The molecule has 4 heterocycles. The van der Waals surface area contributed by atoms with Crippen LogP contribution in [0.25, 0.3) is 16.7 Å². The lowest BCUT2D eigenvalue weighted by atomic mass is 10.1. The molecular formula is C20H16Cl2F2N8O2. The lowest BCUT2D eigenvalue weighted by Crippen LogP contribution is -2.37. The predicted molar refractivity (Wildman–Crippen MR) is 121 cm³/mol. The van der Waals surface area contributed by atoms with Crippen molar-refractivity contribution >= 4 is 51.7 Å². The summed E-state index contributed by atoms with van der Waals surface area (Å²) in [6.45, 7) is 1.07. The van der Waals surface area contributed by atoms with Gasteiger partial charge in [0.2, 0.25) is 11.4 Å². The van der Waals surface area contributed by atoms with E-state index in [9.17, 15) is 13.6 Å². The van der Waals surface area contributed by atoms with E-state index in [1.54, 1.807) is 0 Å². The normalized spacial score (nSPS) is 16.0. The van der Waals surface area contributed by atoms with Crippen molar-refractivity contribution in [1.29, 1.82) is 0 Å². The number of nitrogens with zero attached hydrogens (tertiary/aromatic N) is 6. The average molecular weight is 509 g/mol. The van der Waals surface area contributed by atoms with E-state index >= 15 is 0 Å². The number of carbonyl (C=O) groups excluding carboxylic acids is 1. The second-order valence-electron chi connectivity index (χ2n) is 7.63. The number of amides is 1. The number of alkyl halides is 2. The molecule has 10 nitrogen and oxygen atoms in total. The maximum atomic E-state index is 13.1. The highest BCUT2D eigenvalue weighted by Gasteiger charge is 2.29. The fourth-order valence-corrected chi connectivity index (χ4v) is 4.41. The van der Waals surface area contributed by atoms with Crippen LogP contribution in [0.3, 0.4) is 0 Å². The Hall–Kier alpha value is -3.51. The third-order valence-corrected chi connectivity index (χ3v) is 6.13. The number of aromatic nitrogens is 5. The summed E-state index contributed by atoms with van der Waals surface area (Å²) in [5.41, 5.74) is 6.74. The SMILES string of the molecule is Nc1noc2c(N3CCC(NC(=O)c4ccc(-n5cnnc5C(F)F)cc4Cl)C3)ncc(Cl)c12. The molecule has 1 unspecified atom stereocenters. The first kappa shape index (κ1) is 22.3. The topological polar surface area (TPSA) is 128 Å². The van der Waals surface area contributed by atoms with Gasteiger partial charge in [-0.3, -0.25) is 9.36 Å². The van der Waals surface area contributed by atoms with Gasteiger partial charge in [0.1, 0.15) is 6.33 Å². The Morgan fingerprint density at radius 3 is 2.88 bits per heavy atom. The van der Waals surface area contributed by atoms with Gasteiger partial charge in [-0.1, -0.05) is 28.4 Å². The summed E-state index contributed by atoms with van der Waals surface area (Å²) in [4.78, 5) is 19.1. The van der Waals surface area contributed by atoms with E-state index in [1.165, 1.54) is 24.4 Å². The molecule has 14 heteroatoms. The molecule has 5 rings (SSSR count). The van der Waals surface area contributed by atoms with Crippen LogP contribution in [0.5, 0.6) is 0 Å². The van der Waals surface area contributed by atoms with Gasteiger partial charge in [0, 0.05) is 25.3 Å². The van der Waals surface area contributed by atoms with Crippen molar-refractivity contribution in [3.63, 3.8) is 0 Å². The molecule has 1 atom stereocenters. The number of nitrogens with two attached hydrogens (primary N) is 1. The molecule has 0 saturated carbocycles. The third-order valence-electron chi connectivity index (χ3n) is 5.53. The molecule has 3 aromatic heterocycles. The molecule has 1 aliphatic rings. The van der Waals surface area contributed by atoms with E-state index in [0.717, 1.165) is 10.9 Å². The maximum absolute atomic E-state index is 13.1. The fourth-order valence-electron chi connectivity index (χ4n) is 3.92. The lowest BCUT2D eigenvalue weighted by Gasteiger charge is -2.18. The molecule has 0 radical (unpaired) electrons. The highest BCUT2D eigenvalue weighted by molar-refractivity contribution is 6.36. The fraction of sp³-hybridized carbons (Fsp3) is 0.250. The number of hydrogen-bond donors (Lipinski definition) is 2. The van der Waals surface area contributed by atoms with E-state index in [2.05, 4.69) is 25.7 Å². The zero-order chi connectivity index (χ0) is 24.0. The highest BCUT2D eigenvalue weighted by atomic mass is 35.5. The first-order chi connectivity index (χ1) is 16.3. The van der Waals surface area contributed by atoms with E-state index in [0.29, 0.717) is 47.0 Å². The third kappa shape index (κ3) is 3.88. The van der Waals surface area contributed by atoms with Crippen molar-refractivity contribution < 1.29 is 18.1 Å². The molecule has 0 bridgehead atoms. The van der Waals surface area contributed by atoms with Crippen molar-refractivity contribution in [2.45, 2.75) is 18.9 Å². The number of nitrogens with one attached hydrogen (secondary N) is 1. The van der Waals surface area contributed by atoms with E-state index in [1.807, 2.05) is 4.90 Å². The Morgan fingerprint density at radius 1 is 1.29 bits per heavy atom. The average Bonchev–Trinajstić information content (AvgIpc) is 3.54. The molecule has 1 saturated heterocycles. The number of rotatable bonds is 5. The summed E-state index contributed by atoms with van der Waals surface area (Å²) >= 11 is 12.5. The zero-order valence-electron chi connectivity index (χ0n) is 17.3. The standard InChI is InChI=1S/C20H16Cl2F2N8O2/c21-12-5-10(32-8-27-29-19(32)16(23)24)1-2-11(12)20(33)28-9-3-4-31(7-9)18-15-14(13(22)6-26-18)17(25)30-34-15/h1-2,5-6,8-9,16H,3-4,7H2,(H2,25,30)(H,28,33). The number of pyridine rings is 1. The summed E-state index contributed by atoms with van der Waals surface area (Å²) in [5.74, 6) is -0.193. The van der Waals surface area contributed by atoms with Crippen molar-refractivity contribution in [2.24, 2.45) is 0 Å². The number of anilines is 2. The molecule has 0 aliphatic carbocycles. The summed E-state index contributed by atoms with van der Waals surface area (Å²) in [6.07, 6.45) is 0.480. The summed E-state index contributed by atoms with van der Waals surface area (Å²) in [7, 11) is 0. The van der Waals surface area contributed by atoms with Crippen LogP contribution in [0.1, 0.15) is 29.0 Å². The minimum Gasteiger partial charge on any atom is -0.380 e. The minimum absolute atomic E-state index is 0.108. The zero-order valence-corrected chi connectivity index (χ0v) is 18.8. The highest BCUT2D eigenvalue weighted by Crippen LogP contribution is 2.35. The second kappa shape index (κ2) is 8.69. The molecule has 34 heavy (non-hydrogen) atoms. The van der Waals surface area contributed by atoms with Crippen molar-refractivity contribution in [2.75, 3.05) is 23.7 Å². The Kier molecular flexibility index (Phi) is 5.70. The largest absolute Gasteiger partial charge is 0.380 e. The summed E-state index contributed by atoms with van der Waals surface area (Å²) in [6, 6.07) is 4.19. The first-order valence-electron chi connectivity index (χ1n) is 10.1. The molecule has 1 aliphatic heterocycles. The second-order valence-corrected chi connectivity index (χ2v) is 8.45.